The number of likely N-dealkylation sites (tertiary alicyclic amines) is 1. The van der Waals surface area contributed by atoms with Gasteiger partial charge in [0.1, 0.15) is 11.5 Å². The summed E-state index contributed by atoms with van der Waals surface area (Å²) in [5, 5.41) is 16.7. The van der Waals surface area contributed by atoms with Crippen molar-refractivity contribution in [1.29, 1.82) is 0 Å². The molecular weight excluding hydrogens is 420 g/mol. The van der Waals surface area contributed by atoms with Gasteiger partial charge in [-0.2, -0.15) is 0 Å². The van der Waals surface area contributed by atoms with Crippen LogP contribution in [-0.4, -0.2) is 52.7 Å². The van der Waals surface area contributed by atoms with Crippen LogP contribution in [0.3, 0.4) is 0 Å². The number of halogens is 1. The minimum Gasteiger partial charge on any atom is -0.506 e. The third-order valence-electron chi connectivity index (χ3n) is 6.01. The predicted octanol–water partition coefficient (Wildman–Crippen LogP) is 2.45. The van der Waals surface area contributed by atoms with Gasteiger partial charge in [0.15, 0.2) is 5.69 Å². The van der Waals surface area contributed by atoms with Crippen molar-refractivity contribution < 1.29 is 19.2 Å². The van der Waals surface area contributed by atoms with Crippen molar-refractivity contribution in [2.75, 3.05) is 19.6 Å². The molecule has 2 fully saturated rings. The average molecular weight is 447 g/mol. The van der Waals surface area contributed by atoms with Gasteiger partial charge < -0.3 is 25.6 Å². The minimum absolute atomic E-state index is 0.00190. The van der Waals surface area contributed by atoms with E-state index < -0.39 is 0 Å². The maximum Gasteiger partial charge on any atom is 0.273 e. The number of nitrogens with two attached hydrogens (primary N) is 1. The summed E-state index contributed by atoms with van der Waals surface area (Å²) in [6.45, 7) is 1.34. The fourth-order valence-corrected chi connectivity index (χ4v) is 4.15. The number of aromatic hydroxyl groups is 1. The van der Waals surface area contributed by atoms with Crippen molar-refractivity contribution in [2.24, 2.45) is 11.7 Å². The van der Waals surface area contributed by atoms with Gasteiger partial charge in [0.05, 0.1) is 10.9 Å². The van der Waals surface area contributed by atoms with Crippen molar-refractivity contribution >= 4 is 23.4 Å². The number of carbonyl (C=O) groups excluding carboxylic acids is 2. The zero-order chi connectivity index (χ0) is 22.0. The topological polar surface area (TPSA) is 122 Å². The quantitative estimate of drug-likeness (QED) is 0.600. The monoisotopic (exact) mass is 446 g/mol. The Morgan fingerprint density at radius 1 is 1.26 bits per heavy atom. The fraction of sp³-hybridized carbons (Fsp3) is 0.500. The van der Waals surface area contributed by atoms with Crippen LogP contribution in [0.5, 0.6) is 5.75 Å². The molecule has 1 atom stereocenters. The first kappa shape index (κ1) is 21.6. The Labute approximate surface area is 185 Å². The second-order valence-electron chi connectivity index (χ2n) is 8.38. The lowest BCUT2D eigenvalue weighted by atomic mass is 9.96. The van der Waals surface area contributed by atoms with E-state index in [0.717, 1.165) is 24.2 Å². The number of rotatable bonds is 7. The number of benzene rings is 1. The Morgan fingerprint density at radius 3 is 2.65 bits per heavy atom. The molecule has 0 spiro atoms. The molecule has 2 heterocycles. The molecule has 0 radical (unpaired) electrons. The summed E-state index contributed by atoms with van der Waals surface area (Å²) in [6.07, 6.45) is 3.99. The number of hydrogen-bond acceptors (Lipinski definition) is 6. The third-order valence-corrected chi connectivity index (χ3v) is 6.31. The Morgan fingerprint density at radius 2 is 2.00 bits per heavy atom. The van der Waals surface area contributed by atoms with Gasteiger partial charge in [-0.25, -0.2) is 0 Å². The van der Waals surface area contributed by atoms with Crippen molar-refractivity contribution in [3.8, 4) is 5.75 Å². The molecular formula is C22H27ClN4O4. The molecule has 166 valence electrons. The zero-order valence-corrected chi connectivity index (χ0v) is 18.0. The van der Waals surface area contributed by atoms with Gasteiger partial charge in [0.2, 0.25) is 5.91 Å². The van der Waals surface area contributed by atoms with E-state index >= 15 is 0 Å². The molecule has 1 aromatic heterocycles. The fourth-order valence-electron chi connectivity index (χ4n) is 3.95. The number of piperidine rings is 1. The van der Waals surface area contributed by atoms with Crippen molar-refractivity contribution in [1.82, 2.24) is 15.4 Å². The Bertz CT molecular complexity index is 951. The first-order valence-corrected chi connectivity index (χ1v) is 11.1. The van der Waals surface area contributed by atoms with Crippen LogP contribution in [0.2, 0.25) is 5.02 Å². The number of nitrogens with one attached hydrogen (secondary N) is 1. The molecule has 4 N–H and O–H groups in total. The van der Waals surface area contributed by atoms with Gasteiger partial charge in [-0.1, -0.05) is 22.8 Å². The van der Waals surface area contributed by atoms with Crippen LogP contribution in [0.25, 0.3) is 0 Å². The van der Waals surface area contributed by atoms with Crippen molar-refractivity contribution in [3.05, 3.63) is 46.3 Å². The molecule has 2 aliphatic rings. The summed E-state index contributed by atoms with van der Waals surface area (Å²) in [5.41, 5.74) is 7.05. The SMILES string of the molecule is NC[C@@H](Cc1ccc(O)c(Cl)c1)C(=O)N1CCC(NC(=O)c2cc(C3CC3)on2)CC1. The van der Waals surface area contributed by atoms with Gasteiger partial charge in [0, 0.05) is 37.7 Å². The molecule has 2 amide bonds. The molecule has 9 heteroatoms. The van der Waals surface area contributed by atoms with Crippen molar-refractivity contribution in [2.45, 2.75) is 44.1 Å². The summed E-state index contributed by atoms with van der Waals surface area (Å²) < 4.78 is 5.25. The second kappa shape index (κ2) is 9.28. The molecule has 2 aromatic rings. The number of amides is 2. The highest BCUT2D eigenvalue weighted by Crippen LogP contribution is 2.40. The maximum atomic E-state index is 13.0. The van der Waals surface area contributed by atoms with Crippen LogP contribution in [-0.2, 0) is 11.2 Å². The highest BCUT2D eigenvalue weighted by atomic mass is 35.5. The van der Waals surface area contributed by atoms with Crippen LogP contribution < -0.4 is 11.1 Å². The lowest BCUT2D eigenvalue weighted by Crippen LogP contribution is -2.49. The van der Waals surface area contributed by atoms with Gasteiger partial charge in [-0.15, -0.1) is 0 Å². The number of carbonyl (C=O) groups is 2. The molecule has 8 nitrogen and oxygen atoms in total. The molecule has 0 bridgehead atoms. The summed E-state index contributed by atoms with van der Waals surface area (Å²) in [5.74, 6) is 0.624. The first-order valence-electron chi connectivity index (χ1n) is 10.7. The Balaban J connectivity index is 1.27. The van der Waals surface area contributed by atoms with E-state index in [2.05, 4.69) is 10.5 Å². The van der Waals surface area contributed by atoms with E-state index in [-0.39, 0.29) is 41.1 Å². The zero-order valence-electron chi connectivity index (χ0n) is 17.2. The minimum atomic E-state index is -0.359. The number of phenols is 1. The van der Waals surface area contributed by atoms with Gasteiger partial charge in [0.25, 0.3) is 5.91 Å². The molecule has 31 heavy (non-hydrogen) atoms. The van der Waals surface area contributed by atoms with E-state index in [1.54, 1.807) is 18.2 Å². The first-order chi connectivity index (χ1) is 14.9. The van der Waals surface area contributed by atoms with E-state index in [4.69, 9.17) is 21.9 Å². The summed E-state index contributed by atoms with van der Waals surface area (Å²) >= 11 is 5.97. The lowest BCUT2D eigenvalue weighted by molar-refractivity contribution is -0.136. The second-order valence-corrected chi connectivity index (χ2v) is 8.79. The molecule has 1 saturated heterocycles. The standard InChI is InChI=1S/C22H27ClN4O4/c23-17-10-13(1-4-19(17)28)9-15(12-24)22(30)27-7-5-16(6-8-27)25-21(29)18-11-20(31-26-18)14-2-3-14/h1,4,10-11,14-16,28H,2-3,5-9,12,24H2,(H,25,29)/t15-/m1/s1. The van der Waals surface area contributed by atoms with Crippen LogP contribution in [0.15, 0.2) is 28.8 Å². The van der Waals surface area contributed by atoms with Crippen LogP contribution >= 0.6 is 11.6 Å². The summed E-state index contributed by atoms with van der Waals surface area (Å²) in [6, 6.07) is 6.65. The van der Waals surface area contributed by atoms with Gasteiger partial charge in [-0.3, -0.25) is 9.59 Å². The van der Waals surface area contributed by atoms with E-state index in [0.29, 0.717) is 44.0 Å². The van der Waals surface area contributed by atoms with Crippen LogP contribution in [0, 0.1) is 5.92 Å². The van der Waals surface area contributed by atoms with Crippen LogP contribution in [0.1, 0.15) is 53.4 Å². The molecule has 4 rings (SSSR count). The number of phenolic OH excluding ortho intramolecular Hbond substituents is 1. The summed E-state index contributed by atoms with van der Waals surface area (Å²) in [4.78, 5) is 27.2. The molecule has 0 unspecified atom stereocenters. The molecule has 1 aromatic carbocycles. The molecule has 1 saturated carbocycles. The lowest BCUT2D eigenvalue weighted by Gasteiger charge is -2.34. The predicted molar refractivity (Wildman–Crippen MR) is 115 cm³/mol. The maximum absolute atomic E-state index is 13.0. The molecule has 1 aliphatic heterocycles. The van der Waals surface area contributed by atoms with E-state index in [1.165, 1.54) is 6.07 Å². The smallest absolute Gasteiger partial charge is 0.273 e. The van der Waals surface area contributed by atoms with Crippen molar-refractivity contribution in [3.63, 3.8) is 0 Å². The normalized spacial score (nSPS) is 18.1. The molecule has 1 aliphatic carbocycles. The van der Waals surface area contributed by atoms with Gasteiger partial charge in [-0.05, 0) is 49.8 Å². The summed E-state index contributed by atoms with van der Waals surface area (Å²) in [7, 11) is 0. The van der Waals surface area contributed by atoms with Crippen LogP contribution in [0.4, 0.5) is 0 Å². The van der Waals surface area contributed by atoms with E-state index in [1.807, 2.05) is 4.90 Å². The highest BCUT2D eigenvalue weighted by molar-refractivity contribution is 6.32. The van der Waals surface area contributed by atoms with E-state index in [9.17, 15) is 14.7 Å². The largest absolute Gasteiger partial charge is 0.506 e. The number of nitrogens with zero attached hydrogens (tertiary/aromatic N) is 2. The number of aromatic nitrogens is 1. The Kier molecular flexibility index (Phi) is 6.48. The highest BCUT2D eigenvalue weighted by Gasteiger charge is 2.31. The van der Waals surface area contributed by atoms with Gasteiger partial charge >= 0.3 is 0 Å². The number of hydrogen-bond donors (Lipinski definition) is 3. The average Bonchev–Trinajstić information content (AvgIpc) is 3.50. The Hall–Kier alpha value is -2.58. The third kappa shape index (κ3) is 5.19.